The average molecular weight is 511 g/mol. The van der Waals surface area contributed by atoms with Crippen LogP contribution in [0.15, 0.2) is 34.8 Å². The summed E-state index contributed by atoms with van der Waals surface area (Å²) in [6, 6.07) is 0. The van der Waals surface area contributed by atoms with Crippen LogP contribution in [0.3, 0.4) is 0 Å². The van der Waals surface area contributed by atoms with Crippen molar-refractivity contribution in [3.63, 3.8) is 0 Å². The Kier molecular flexibility index (Phi) is 6.67. The summed E-state index contributed by atoms with van der Waals surface area (Å²) in [6.45, 7) is 7.58. The Morgan fingerprint density at radius 2 is 1.67 bits per heavy atom. The normalized spacial score (nSPS) is 36.9. The molecule has 36 heavy (non-hydrogen) atoms. The summed E-state index contributed by atoms with van der Waals surface area (Å²) in [5.74, 6) is -3.24. The summed E-state index contributed by atoms with van der Waals surface area (Å²) in [7, 11) is 0. The van der Waals surface area contributed by atoms with Gasteiger partial charge in [0.15, 0.2) is 0 Å². The molecule has 9 heteroatoms. The number of hydrogen-bond donors (Lipinski definition) is 0. The monoisotopic (exact) mass is 510 g/mol. The molecular formula is C27H33F3O6. The second kappa shape index (κ2) is 9.06. The fourth-order valence-corrected chi connectivity index (χ4v) is 7.48. The maximum absolute atomic E-state index is 14.1. The summed E-state index contributed by atoms with van der Waals surface area (Å²) in [6.07, 6.45) is 2.38. The third kappa shape index (κ3) is 4.50. The molecule has 0 heterocycles. The molecule has 0 N–H and O–H groups in total. The van der Waals surface area contributed by atoms with Gasteiger partial charge in [0, 0.05) is 31.8 Å². The van der Waals surface area contributed by atoms with Crippen molar-refractivity contribution in [2.75, 3.05) is 0 Å². The van der Waals surface area contributed by atoms with Crippen LogP contribution in [0.5, 0.6) is 0 Å². The molecule has 0 aromatic rings. The van der Waals surface area contributed by atoms with Gasteiger partial charge in [-0.3, -0.25) is 14.4 Å². The van der Waals surface area contributed by atoms with E-state index >= 15 is 0 Å². The number of carbonyl (C=O) groups is 3. The first kappa shape index (κ1) is 26.5. The van der Waals surface area contributed by atoms with Gasteiger partial charge >= 0.3 is 24.1 Å². The predicted molar refractivity (Wildman–Crippen MR) is 123 cm³/mol. The number of ether oxygens (including phenoxy) is 3. The van der Waals surface area contributed by atoms with E-state index in [9.17, 15) is 27.6 Å². The molecule has 0 aliphatic heterocycles. The minimum Gasteiger partial charge on any atom is -0.462 e. The zero-order valence-electron chi connectivity index (χ0n) is 21.3. The molecule has 0 saturated heterocycles. The molecule has 0 amide bonds. The highest BCUT2D eigenvalue weighted by Gasteiger charge is 2.60. The second-order valence-corrected chi connectivity index (χ2v) is 11.1. The SMILES string of the molecule is CC(=O)OC1=CC2=CC[C@H]3[C@@H]4CC[C@@H](OC(C)=O)[C@@]4(C)CC[C@@H]3[C@@]2(C)C/C1=C(/OC(C)=O)C(F)(F)F. The minimum absolute atomic E-state index is 0.0714. The Labute approximate surface area is 208 Å². The van der Waals surface area contributed by atoms with Gasteiger partial charge in [-0.1, -0.05) is 19.9 Å². The summed E-state index contributed by atoms with van der Waals surface area (Å²) in [5.41, 5.74) is -0.313. The Balaban J connectivity index is 1.78. The van der Waals surface area contributed by atoms with Gasteiger partial charge in [0.05, 0.1) is 0 Å². The van der Waals surface area contributed by atoms with Crippen molar-refractivity contribution in [2.45, 2.75) is 85.4 Å². The van der Waals surface area contributed by atoms with Crippen molar-refractivity contribution in [1.82, 2.24) is 0 Å². The van der Waals surface area contributed by atoms with Gasteiger partial charge in [0.1, 0.15) is 11.9 Å². The lowest BCUT2D eigenvalue weighted by molar-refractivity contribution is -0.159. The number of carbonyl (C=O) groups excluding carboxylic acids is 3. The zero-order valence-corrected chi connectivity index (χ0v) is 21.3. The molecule has 2 fully saturated rings. The lowest BCUT2D eigenvalue weighted by Crippen LogP contribution is -2.51. The molecule has 0 radical (unpaired) electrons. The molecule has 0 spiro atoms. The van der Waals surface area contributed by atoms with Crippen LogP contribution in [0.25, 0.3) is 0 Å². The number of halogens is 3. The first-order chi connectivity index (χ1) is 16.7. The Morgan fingerprint density at radius 3 is 2.25 bits per heavy atom. The maximum atomic E-state index is 14.1. The van der Waals surface area contributed by atoms with Crippen molar-refractivity contribution >= 4 is 17.9 Å². The van der Waals surface area contributed by atoms with Crippen molar-refractivity contribution in [3.8, 4) is 0 Å². The lowest BCUT2D eigenvalue weighted by Gasteiger charge is -2.56. The molecule has 2 saturated carbocycles. The van der Waals surface area contributed by atoms with Crippen molar-refractivity contribution < 1.29 is 41.8 Å². The second-order valence-electron chi connectivity index (χ2n) is 11.1. The molecule has 0 unspecified atom stereocenters. The van der Waals surface area contributed by atoms with Crippen LogP contribution in [0.2, 0.25) is 0 Å². The van der Waals surface area contributed by atoms with E-state index in [1.165, 1.54) is 13.0 Å². The maximum Gasteiger partial charge on any atom is 0.450 e. The van der Waals surface area contributed by atoms with Gasteiger partial charge in [-0.15, -0.1) is 0 Å². The van der Waals surface area contributed by atoms with Gasteiger partial charge in [-0.25, -0.2) is 0 Å². The van der Waals surface area contributed by atoms with E-state index in [0.29, 0.717) is 0 Å². The summed E-state index contributed by atoms with van der Waals surface area (Å²) >= 11 is 0. The van der Waals surface area contributed by atoms with E-state index in [1.54, 1.807) is 0 Å². The van der Waals surface area contributed by atoms with Crippen LogP contribution in [0.1, 0.15) is 73.1 Å². The lowest BCUT2D eigenvalue weighted by atomic mass is 9.48. The van der Waals surface area contributed by atoms with Crippen LogP contribution < -0.4 is 0 Å². The van der Waals surface area contributed by atoms with Gasteiger partial charge in [-0.2, -0.15) is 13.2 Å². The fourth-order valence-electron chi connectivity index (χ4n) is 7.48. The minimum atomic E-state index is -4.94. The number of allylic oxidation sites excluding steroid dienone is 5. The molecule has 0 bridgehead atoms. The number of rotatable bonds is 3. The summed E-state index contributed by atoms with van der Waals surface area (Å²) in [4.78, 5) is 35.1. The highest BCUT2D eigenvalue weighted by atomic mass is 19.4. The third-order valence-corrected chi connectivity index (χ3v) is 8.91. The van der Waals surface area contributed by atoms with E-state index in [2.05, 4.69) is 11.7 Å². The largest absolute Gasteiger partial charge is 0.462 e. The molecular weight excluding hydrogens is 477 g/mol. The third-order valence-electron chi connectivity index (χ3n) is 8.91. The highest BCUT2D eigenvalue weighted by Crippen LogP contribution is 2.65. The van der Waals surface area contributed by atoms with Crippen molar-refractivity contribution in [2.24, 2.45) is 28.6 Å². The molecule has 6 nitrogen and oxygen atoms in total. The van der Waals surface area contributed by atoms with E-state index < -0.39 is 29.3 Å². The van der Waals surface area contributed by atoms with Crippen molar-refractivity contribution in [1.29, 1.82) is 0 Å². The standard InChI is InChI=1S/C27H33F3O6/c1-14(31)34-22-12-17-6-7-18-20-8-9-23(35-15(2)32)25(20,4)11-10-21(18)26(17,5)13-19(22)24(27(28,29)30)36-16(3)33/h6,12,18,20-21,23H,7-11,13H2,1-5H3/b24-19-/t18-,20-,21-,23+,25-,26-/m0/s1. The van der Waals surface area contributed by atoms with Gasteiger partial charge in [-0.05, 0) is 73.3 Å². The predicted octanol–water partition coefficient (Wildman–Crippen LogP) is 5.93. The highest BCUT2D eigenvalue weighted by molar-refractivity contribution is 5.70. The number of fused-ring (bicyclic) bond motifs is 5. The average Bonchev–Trinajstić information content (AvgIpc) is 3.06. The van der Waals surface area contributed by atoms with E-state index in [-0.39, 0.29) is 53.0 Å². The number of alkyl halides is 3. The quantitative estimate of drug-likeness (QED) is 0.266. The van der Waals surface area contributed by atoms with Crippen LogP contribution >= 0.6 is 0 Å². The Bertz CT molecular complexity index is 1070. The summed E-state index contributed by atoms with van der Waals surface area (Å²) in [5, 5.41) is 0. The van der Waals surface area contributed by atoms with Gasteiger partial charge < -0.3 is 14.2 Å². The first-order valence-corrected chi connectivity index (χ1v) is 12.4. The topological polar surface area (TPSA) is 78.9 Å². The van der Waals surface area contributed by atoms with Gasteiger partial charge in [0.25, 0.3) is 0 Å². The molecule has 0 aromatic carbocycles. The summed E-state index contributed by atoms with van der Waals surface area (Å²) < 4.78 is 57.8. The molecule has 4 aliphatic rings. The fraction of sp³-hybridized carbons (Fsp3) is 0.667. The number of hydrogen-bond acceptors (Lipinski definition) is 6. The molecule has 0 aromatic heterocycles. The Morgan fingerprint density at radius 1 is 0.972 bits per heavy atom. The molecule has 4 rings (SSSR count). The van der Waals surface area contributed by atoms with Crippen molar-refractivity contribution in [3.05, 3.63) is 34.8 Å². The smallest absolute Gasteiger partial charge is 0.450 e. The van der Waals surface area contributed by atoms with Crippen LogP contribution in [0.4, 0.5) is 13.2 Å². The van der Waals surface area contributed by atoms with E-state index in [1.807, 2.05) is 13.0 Å². The van der Waals surface area contributed by atoms with E-state index in [0.717, 1.165) is 51.5 Å². The zero-order chi connectivity index (χ0) is 26.6. The van der Waals surface area contributed by atoms with Crippen LogP contribution in [-0.2, 0) is 28.6 Å². The van der Waals surface area contributed by atoms with Crippen LogP contribution in [-0.4, -0.2) is 30.2 Å². The first-order valence-electron chi connectivity index (χ1n) is 12.4. The van der Waals surface area contributed by atoms with E-state index in [4.69, 9.17) is 9.47 Å². The van der Waals surface area contributed by atoms with Crippen LogP contribution in [0, 0.1) is 28.6 Å². The van der Waals surface area contributed by atoms with Gasteiger partial charge in [0.2, 0.25) is 5.76 Å². The molecule has 4 aliphatic carbocycles. The Hall–Kier alpha value is -2.58. The molecule has 6 atom stereocenters. The molecule has 198 valence electrons. The number of esters is 3.